The first kappa shape index (κ1) is 26.2. The van der Waals surface area contributed by atoms with E-state index in [0.29, 0.717) is 9.58 Å². The Morgan fingerprint density at radius 3 is 2.40 bits per heavy atom. The molecule has 1 aliphatic rings. The van der Waals surface area contributed by atoms with Gasteiger partial charge in [0.25, 0.3) is 6.43 Å². The third-order valence-corrected chi connectivity index (χ3v) is 4.77. The van der Waals surface area contributed by atoms with Crippen molar-refractivity contribution in [1.82, 2.24) is 15.1 Å². The lowest BCUT2D eigenvalue weighted by Gasteiger charge is -2.35. The van der Waals surface area contributed by atoms with Gasteiger partial charge in [-0.15, -0.1) is 0 Å². The van der Waals surface area contributed by atoms with Crippen LogP contribution in [-0.4, -0.2) is 52.0 Å². The van der Waals surface area contributed by atoms with Gasteiger partial charge in [-0.2, -0.15) is 27.1 Å². The molecule has 0 saturated heterocycles. The summed E-state index contributed by atoms with van der Waals surface area (Å²) in [6, 6.07) is 0. The maximum atomic E-state index is 13.9. The standard InChI is InChI=1S/C19H18F7N5O4/c1-7(2)17(33)34-12-9(10-13(19(24,25)26)29-30(3)16(10)35-18(22)23)15(32)31(6-8(20)21)14-11(12)27-4-5-28-14/h4-5,7-8,15,18,32H,6H2,1-3H3/p+1. The molecule has 35 heavy (non-hydrogen) atoms. The van der Waals surface area contributed by atoms with E-state index in [9.17, 15) is 40.6 Å². The number of anilines is 1. The predicted octanol–water partition coefficient (Wildman–Crippen LogP) is 2.72. The van der Waals surface area contributed by atoms with Gasteiger partial charge < -0.3 is 19.5 Å². The van der Waals surface area contributed by atoms with Crippen molar-refractivity contribution < 1.29 is 54.8 Å². The summed E-state index contributed by atoms with van der Waals surface area (Å²) in [4.78, 5) is 20.6. The van der Waals surface area contributed by atoms with Crippen LogP contribution in [0, 0.1) is 5.92 Å². The molecule has 9 nitrogen and oxygen atoms in total. The minimum Gasteiger partial charge on any atom is -0.423 e. The zero-order valence-corrected chi connectivity index (χ0v) is 18.3. The fourth-order valence-electron chi connectivity index (χ4n) is 3.34. The molecule has 16 heteroatoms. The number of hydrogen-bond acceptors (Lipinski definition) is 7. The fraction of sp³-hybridized carbons (Fsp3) is 0.474. The fourth-order valence-corrected chi connectivity index (χ4v) is 3.34. The molecule has 0 amide bonds. The molecule has 0 bridgehead atoms. The molecule has 2 N–H and O–H groups in total. The third kappa shape index (κ3) is 5.16. The van der Waals surface area contributed by atoms with Gasteiger partial charge in [0.1, 0.15) is 11.3 Å². The number of nitrogens with one attached hydrogen (secondary N) is 1. The van der Waals surface area contributed by atoms with Crippen LogP contribution in [0.15, 0.2) is 12.4 Å². The normalized spacial score (nSPS) is 16.4. The molecule has 0 aromatic carbocycles. The molecule has 1 aliphatic heterocycles. The van der Waals surface area contributed by atoms with E-state index in [-0.39, 0.29) is 0 Å². The Kier molecular flexibility index (Phi) is 7.23. The number of hydrogen-bond donors (Lipinski definition) is 2. The molecule has 1 atom stereocenters. The van der Waals surface area contributed by atoms with Crippen molar-refractivity contribution in [3.8, 4) is 5.88 Å². The number of esters is 1. The number of carbonyl (C=O) groups excluding carboxylic acids is 1. The van der Waals surface area contributed by atoms with Crippen molar-refractivity contribution in [2.45, 2.75) is 39.3 Å². The molecule has 192 valence electrons. The maximum absolute atomic E-state index is 13.9. The minimum absolute atomic E-state index is 0.430. The molecule has 3 heterocycles. The highest BCUT2D eigenvalue weighted by atomic mass is 19.4. The van der Waals surface area contributed by atoms with Gasteiger partial charge in [-0.3, -0.25) is 4.79 Å². The quantitative estimate of drug-likeness (QED) is 0.333. The average Bonchev–Trinajstić information content (AvgIpc) is 3.06. The number of aryl methyl sites for hydroxylation is 1. The number of carbonyl (C=O) groups is 1. The number of H-pyrrole nitrogens is 1. The number of aromatic nitrogens is 4. The van der Waals surface area contributed by atoms with E-state index in [1.54, 1.807) is 5.10 Å². The molecular weight excluding hydrogens is 495 g/mol. The summed E-state index contributed by atoms with van der Waals surface area (Å²) in [5.74, 6) is -4.15. The lowest BCUT2D eigenvalue weighted by Crippen LogP contribution is -2.44. The first-order valence-electron chi connectivity index (χ1n) is 9.88. The first-order chi connectivity index (χ1) is 16.2. The van der Waals surface area contributed by atoms with E-state index in [1.165, 1.54) is 13.8 Å². The summed E-state index contributed by atoms with van der Waals surface area (Å²) in [6.45, 7) is -2.05. The van der Waals surface area contributed by atoms with E-state index >= 15 is 0 Å². The molecule has 0 radical (unpaired) electrons. The average molecular weight is 514 g/mol. The number of aliphatic hydroxyl groups excluding tert-OH is 1. The maximum Gasteiger partial charge on any atom is 0.437 e. The van der Waals surface area contributed by atoms with Gasteiger partial charge in [0.05, 0.1) is 18.0 Å². The Morgan fingerprint density at radius 2 is 1.86 bits per heavy atom. The van der Waals surface area contributed by atoms with Crippen LogP contribution in [0.5, 0.6) is 5.88 Å². The third-order valence-electron chi connectivity index (χ3n) is 4.77. The molecule has 0 aliphatic carbocycles. The SMILES string of the molecule is CC(C)C(=O)OC1=C(c2c(C(F)(F)F)[nH][n+](C)c2OC(F)F)C(O)N(CC(F)F)c2nccnc21. The van der Waals surface area contributed by atoms with Crippen molar-refractivity contribution in [3.63, 3.8) is 0 Å². The number of aliphatic hydroxyl groups is 1. The molecule has 0 saturated carbocycles. The molecule has 3 rings (SSSR count). The highest BCUT2D eigenvalue weighted by Gasteiger charge is 2.49. The number of ether oxygens (including phenoxy) is 2. The largest absolute Gasteiger partial charge is 0.437 e. The van der Waals surface area contributed by atoms with Crippen LogP contribution in [0.1, 0.15) is 30.8 Å². The van der Waals surface area contributed by atoms with E-state index in [1.807, 2.05) is 0 Å². The summed E-state index contributed by atoms with van der Waals surface area (Å²) in [5.41, 5.74) is -4.28. The molecular formula is C19H19F7N5O4+. The van der Waals surface area contributed by atoms with Crippen molar-refractivity contribution in [2.24, 2.45) is 13.0 Å². The van der Waals surface area contributed by atoms with Crippen molar-refractivity contribution in [3.05, 3.63) is 29.3 Å². The van der Waals surface area contributed by atoms with Crippen LogP contribution in [-0.2, 0) is 22.8 Å². The second-order valence-corrected chi connectivity index (χ2v) is 7.57. The number of fused-ring (bicyclic) bond motifs is 1. The van der Waals surface area contributed by atoms with Crippen LogP contribution in [0.25, 0.3) is 11.3 Å². The van der Waals surface area contributed by atoms with Crippen LogP contribution in [0.4, 0.5) is 36.6 Å². The second kappa shape index (κ2) is 9.67. The zero-order valence-electron chi connectivity index (χ0n) is 18.3. The number of alkyl halides is 7. The lowest BCUT2D eigenvalue weighted by molar-refractivity contribution is -0.733. The van der Waals surface area contributed by atoms with Gasteiger partial charge in [-0.1, -0.05) is 18.5 Å². The Labute approximate surface area is 192 Å². The minimum atomic E-state index is -5.23. The molecule has 2 aromatic rings. The van der Waals surface area contributed by atoms with Crippen LogP contribution < -0.4 is 14.3 Å². The summed E-state index contributed by atoms with van der Waals surface area (Å²) in [6.07, 6.45) is -8.61. The van der Waals surface area contributed by atoms with Crippen molar-refractivity contribution >= 4 is 23.1 Å². The zero-order chi connectivity index (χ0) is 26.2. The molecule has 1 unspecified atom stereocenters. The van der Waals surface area contributed by atoms with Crippen LogP contribution >= 0.6 is 0 Å². The highest BCUT2D eigenvalue weighted by molar-refractivity contribution is 5.99. The number of nitrogens with zero attached hydrogens (tertiary/aromatic N) is 4. The van der Waals surface area contributed by atoms with E-state index in [2.05, 4.69) is 14.7 Å². The van der Waals surface area contributed by atoms with Crippen LogP contribution in [0.2, 0.25) is 0 Å². The Hall–Kier alpha value is -3.43. The number of rotatable bonds is 7. The molecule has 0 fully saturated rings. The van der Waals surface area contributed by atoms with E-state index in [0.717, 1.165) is 19.4 Å². The highest BCUT2D eigenvalue weighted by Crippen LogP contribution is 2.46. The van der Waals surface area contributed by atoms with Gasteiger partial charge in [0, 0.05) is 12.4 Å². The van der Waals surface area contributed by atoms with Crippen molar-refractivity contribution in [1.29, 1.82) is 0 Å². The summed E-state index contributed by atoms with van der Waals surface area (Å²) < 4.78 is 105. The van der Waals surface area contributed by atoms with Crippen molar-refractivity contribution in [2.75, 3.05) is 11.4 Å². The second-order valence-electron chi connectivity index (χ2n) is 7.57. The molecule has 0 spiro atoms. The Morgan fingerprint density at radius 1 is 1.23 bits per heavy atom. The van der Waals surface area contributed by atoms with E-state index in [4.69, 9.17) is 4.74 Å². The lowest BCUT2D eigenvalue weighted by atomic mass is 9.96. The summed E-state index contributed by atoms with van der Waals surface area (Å²) >= 11 is 0. The van der Waals surface area contributed by atoms with Gasteiger partial charge in [0.15, 0.2) is 30.5 Å². The summed E-state index contributed by atoms with van der Waals surface area (Å²) in [5, 5.41) is 12.8. The Bertz CT molecular complexity index is 1130. The van der Waals surface area contributed by atoms with Gasteiger partial charge in [-0.25, -0.2) is 18.7 Å². The summed E-state index contributed by atoms with van der Waals surface area (Å²) in [7, 11) is 0.913. The number of halogens is 7. The van der Waals surface area contributed by atoms with Crippen LogP contribution in [0.3, 0.4) is 0 Å². The monoisotopic (exact) mass is 514 g/mol. The Balaban J connectivity index is 2.44. The van der Waals surface area contributed by atoms with E-state index < -0.39 is 83.9 Å². The van der Waals surface area contributed by atoms with Gasteiger partial charge in [0.2, 0.25) is 0 Å². The predicted molar refractivity (Wildman–Crippen MR) is 103 cm³/mol. The van der Waals surface area contributed by atoms with Gasteiger partial charge in [-0.05, 0) is 0 Å². The van der Waals surface area contributed by atoms with Gasteiger partial charge >= 0.3 is 24.6 Å². The smallest absolute Gasteiger partial charge is 0.423 e. The molecule has 2 aromatic heterocycles. The number of aromatic amines is 1. The topological polar surface area (TPSA) is 104 Å². The first-order valence-corrected chi connectivity index (χ1v) is 9.88.